The Morgan fingerprint density at radius 1 is 1.35 bits per heavy atom. The first-order valence-corrected chi connectivity index (χ1v) is 7.88. The predicted octanol–water partition coefficient (Wildman–Crippen LogP) is 3.32. The van der Waals surface area contributed by atoms with Crippen LogP contribution in [0.3, 0.4) is 0 Å². The third-order valence-corrected chi connectivity index (χ3v) is 3.45. The Hall–Kier alpha value is -2.97. The van der Waals surface area contributed by atoms with Gasteiger partial charge in [-0.05, 0) is 23.8 Å². The monoisotopic (exact) mass is 377 g/mol. The Morgan fingerprint density at radius 2 is 2.15 bits per heavy atom. The fraction of sp³-hybridized carbons (Fsp3) is 0.176. The summed E-state index contributed by atoms with van der Waals surface area (Å²) in [6.07, 6.45) is 4.17. The summed E-state index contributed by atoms with van der Waals surface area (Å²) in [5.41, 5.74) is 0.750. The van der Waals surface area contributed by atoms with Crippen molar-refractivity contribution >= 4 is 35.0 Å². The summed E-state index contributed by atoms with van der Waals surface area (Å²) < 4.78 is 10.2. The van der Waals surface area contributed by atoms with Gasteiger partial charge in [0, 0.05) is 25.3 Å². The molecule has 0 atom stereocenters. The summed E-state index contributed by atoms with van der Waals surface area (Å²) in [6.45, 7) is 0.832. The van der Waals surface area contributed by atoms with Gasteiger partial charge in [0.25, 0.3) is 5.69 Å². The molecule has 1 heterocycles. The molecule has 0 saturated heterocycles. The van der Waals surface area contributed by atoms with Crippen LogP contribution in [-0.4, -0.2) is 36.1 Å². The van der Waals surface area contributed by atoms with E-state index in [-0.39, 0.29) is 10.7 Å². The summed E-state index contributed by atoms with van der Waals surface area (Å²) >= 11 is 5.74. The van der Waals surface area contributed by atoms with E-state index in [0.29, 0.717) is 30.3 Å². The van der Waals surface area contributed by atoms with E-state index < -0.39 is 10.8 Å². The molecule has 1 aromatic carbocycles. The highest BCUT2D eigenvalue weighted by molar-refractivity contribution is 6.32. The van der Waals surface area contributed by atoms with Crippen LogP contribution in [0.2, 0.25) is 5.02 Å². The van der Waals surface area contributed by atoms with Crippen molar-refractivity contribution < 1.29 is 19.2 Å². The van der Waals surface area contributed by atoms with Crippen LogP contribution in [0.25, 0.3) is 6.08 Å². The molecular weight excluding hydrogens is 362 g/mol. The minimum atomic E-state index is -0.582. The maximum atomic E-state index is 11.9. The Labute approximate surface area is 154 Å². The minimum absolute atomic E-state index is 0.0375. The van der Waals surface area contributed by atoms with Crippen molar-refractivity contribution in [3.05, 3.63) is 63.3 Å². The molecule has 2 aromatic rings. The summed E-state index contributed by atoms with van der Waals surface area (Å²) in [6, 6.07) is 7.54. The van der Waals surface area contributed by atoms with E-state index in [0.717, 1.165) is 0 Å². The lowest BCUT2D eigenvalue weighted by Crippen LogP contribution is -2.09. The molecule has 9 heteroatoms. The van der Waals surface area contributed by atoms with Gasteiger partial charge in [0.15, 0.2) is 0 Å². The average Bonchev–Trinajstić information content (AvgIpc) is 2.62. The molecule has 0 bridgehead atoms. The first kappa shape index (κ1) is 19.4. The van der Waals surface area contributed by atoms with E-state index >= 15 is 0 Å². The molecule has 26 heavy (non-hydrogen) atoms. The van der Waals surface area contributed by atoms with Gasteiger partial charge >= 0.3 is 0 Å². The lowest BCUT2D eigenvalue weighted by Gasteiger charge is -2.06. The number of hydrogen-bond donors (Lipinski definition) is 1. The Morgan fingerprint density at radius 3 is 2.81 bits per heavy atom. The molecule has 0 radical (unpaired) electrons. The number of pyridine rings is 1. The summed E-state index contributed by atoms with van der Waals surface area (Å²) in [4.78, 5) is 26.3. The van der Waals surface area contributed by atoms with E-state index in [1.54, 1.807) is 25.3 Å². The lowest BCUT2D eigenvalue weighted by atomic mass is 10.2. The summed E-state index contributed by atoms with van der Waals surface area (Å²) in [7, 11) is 1.57. The van der Waals surface area contributed by atoms with Crippen molar-refractivity contribution in [3.63, 3.8) is 0 Å². The standard InChI is InChI=1S/C17H16ClN3O5/c1-25-8-9-26-17-7-4-13(11-19-17)20-16(22)6-3-12-2-5-14(18)15(10-12)21(23)24/h2-7,10-11H,8-9H2,1H3,(H,20,22)/b6-3+. The molecule has 1 aromatic heterocycles. The van der Waals surface area contributed by atoms with Crippen LogP contribution in [0.4, 0.5) is 11.4 Å². The van der Waals surface area contributed by atoms with Crippen molar-refractivity contribution in [3.8, 4) is 5.88 Å². The number of methoxy groups -OCH3 is 1. The number of benzene rings is 1. The molecule has 0 aliphatic heterocycles. The Bertz CT molecular complexity index is 809. The third kappa shape index (κ3) is 5.83. The molecule has 8 nitrogen and oxygen atoms in total. The molecule has 0 spiro atoms. The van der Waals surface area contributed by atoms with E-state index in [4.69, 9.17) is 21.1 Å². The fourth-order valence-electron chi connectivity index (χ4n) is 1.90. The van der Waals surface area contributed by atoms with Crippen molar-refractivity contribution in [2.24, 2.45) is 0 Å². The van der Waals surface area contributed by atoms with Gasteiger partial charge < -0.3 is 14.8 Å². The van der Waals surface area contributed by atoms with Gasteiger partial charge in [0.1, 0.15) is 11.6 Å². The SMILES string of the molecule is COCCOc1ccc(NC(=O)/C=C/c2ccc(Cl)c([N+](=O)[O-])c2)cn1. The predicted molar refractivity (Wildman–Crippen MR) is 97.4 cm³/mol. The van der Waals surface area contributed by atoms with Crippen LogP contribution in [0.5, 0.6) is 5.88 Å². The number of rotatable bonds is 8. The quantitative estimate of drug-likeness (QED) is 0.327. The molecule has 0 aliphatic rings. The lowest BCUT2D eigenvalue weighted by molar-refractivity contribution is -0.384. The molecule has 0 saturated carbocycles. The van der Waals surface area contributed by atoms with Crippen LogP contribution < -0.4 is 10.1 Å². The van der Waals surface area contributed by atoms with E-state index in [1.165, 1.54) is 30.5 Å². The first-order valence-electron chi connectivity index (χ1n) is 7.50. The van der Waals surface area contributed by atoms with Crippen molar-refractivity contribution in [2.45, 2.75) is 0 Å². The number of carbonyl (C=O) groups excluding carboxylic acids is 1. The zero-order valence-electron chi connectivity index (χ0n) is 13.8. The molecule has 1 N–H and O–H groups in total. The topological polar surface area (TPSA) is 104 Å². The largest absolute Gasteiger partial charge is 0.475 e. The Kier molecular flexibility index (Phi) is 7.07. The fourth-order valence-corrected chi connectivity index (χ4v) is 2.08. The van der Waals surface area contributed by atoms with Gasteiger partial charge in [-0.1, -0.05) is 17.7 Å². The van der Waals surface area contributed by atoms with Crippen molar-refractivity contribution in [1.82, 2.24) is 4.98 Å². The second kappa shape index (κ2) is 9.50. The average molecular weight is 378 g/mol. The van der Waals surface area contributed by atoms with Gasteiger partial charge in [0.2, 0.25) is 11.8 Å². The van der Waals surface area contributed by atoms with Crippen molar-refractivity contribution in [1.29, 1.82) is 0 Å². The molecule has 0 fully saturated rings. The van der Waals surface area contributed by atoms with Crippen LogP contribution >= 0.6 is 11.6 Å². The highest BCUT2D eigenvalue weighted by Gasteiger charge is 2.11. The molecule has 2 rings (SSSR count). The number of nitrogens with zero attached hydrogens (tertiary/aromatic N) is 2. The highest BCUT2D eigenvalue weighted by Crippen LogP contribution is 2.25. The van der Waals surface area contributed by atoms with Crippen LogP contribution in [-0.2, 0) is 9.53 Å². The number of anilines is 1. The number of hydrogen-bond acceptors (Lipinski definition) is 6. The third-order valence-electron chi connectivity index (χ3n) is 3.14. The van der Waals surface area contributed by atoms with Crippen molar-refractivity contribution in [2.75, 3.05) is 25.6 Å². The molecule has 0 aliphatic carbocycles. The first-order chi connectivity index (χ1) is 12.5. The smallest absolute Gasteiger partial charge is 0.288 e. The van der Waals surface area contributed by atoms with Gasteiger partial charge in [-0.15, -0.1) is 0 Å². The summed E-state index contributed by atoms with van der Waals surface area (Å²) in [5, 5.41) is 13.5. The second-order valence-corrected chi connectivity index (χ2v) is 5.42. The maximum absolute atomic E-state index is 11.9. The number of halogens is 1. The van der Waals surface area contributed by atoms with Gasteiger partial charge in [-0.2, -0.15) is 0 Å². The highest BCUT2D eigenvalue weighted by atomic mass is 35.5. The maximum Gasteiger partial charge on any atom is 0.288 e. The molecule has 136 valence electrons. The number of nitro groups is 1. The number of nitro benzene ring substituents is 1. The minimum Gasteiger partial charge on any atom is -0.475 e. The van der Waals surface area contributed by atoms with Gasteiger partial charge in [0.05, 0.1) is 23.4 Å². The molecular formula is C17H16ClN3O5. The van der Waals surface area contributed by atoms with E-state index in [1.807, 2.05) is 0 Å². The van der Waals surface area contributed by atoms with Crippen LogP contribution in [0, 0.1) is 10.1 Å². The molecule has 0 unspecified atom stereocenters. The van der Waals surface area contributed by atoms with E-state index in [9.17, 15) is 14.9 Å². The Balaban J connectivity index is 1.95. The zero-order chi connectivity index (χ0) is 18.9. The van der Waals surface area contributed by atoms with E-state index in [2.05, 4.69) is 10.3 Å². The second-order valence-electron chi connectivity index (χ2n) is 5.02. The number of carbonyl (C=O) groups is 1. The molecule has 1 amide bonds. The number of ether oxygens (including phenoxy) is 2. The summed E-state index contributed by atoms with van der Waals surface area (Å²) in [5.74, 6) is 0.0153. The van der Waals surface area contributed by atoms with Crippen LogP contribution in [0.15, 0.2) is 42.6 Å². The number of nitrogens with one attached hydrogen (secondary N) is 1. The van der Waals surface area contributed by atoms with Gasteiger partial charge in [-0.25, -0.2) is 4.98 Å². The zero-order valence-corrected chi connectivity index (χ0v) is 14.6. The van der Waals surface area contributed by atoms with Crippen LogP contribution in [0.1, 0.15) is 5.56 Å². The number of amides is 1. The normalized spacial score (nSPS) is 10.7. The number of aromatic nitrogens is 1. The van der Waals surface area contributed by atoms with Gasteiger partial charge in [-0.3, -0.25) is 14.9 Å².